The third-order valence-corrected chi connectivity index (χ3v) is 2.97. The number of cyclic esters (lactones) is 1. The number of methoxy groups -OCH3 is 1. The molecule has 2 rings (SSSR count). The average molecular weight is 325 g/mol. The zero-order valence-electron chi connectivity index (χ0n) is 13.2. The molecule has 23 heavy (non-hydrogen) atoms. The Hall–Kier alpha value is -2.44. The second kappa shape index (κ2) is 6.36. The molecule has 0 fully saturated rings. The predicted octanol–water partition coefficient (Wildman–Crippen LogP) is 3.64. The minimum Gasteiger partial charge on any atom is -0.493 e. The van der Waals surface area contributed by atoms with E-state index in [9.17, 15) is 13.6 Å². The van der Waals surface area contributed by atoms with E-state index in [0.717, 1.165) is 0 Å². The Morgan fingerprint density at radius 2 is 1.96 bits per heavy atom. The molecule has 1 heterocycles. The molecule has 7 heteroatoms. The summed E-state index contributed by atoms with van der Waals surface area (Å²) in [6, 6.07) is 4.41. The van der Waals surface area contributed by atoms with Crippen LogP contribution in [0.15, 0.2) is 28.9 Å². The summed E-state index contributed by atoms with van der Waals surface area (Å²) in [5.41, 5.74) is 0.158. The van der Waals surface area contributed by atoms with Gasteiger partial charge in [0.15, 0.2) is 17.2 Å². The van der Waals surface area contributed by atoms with E-state index in [-0.39, 0.29) is 17.2 Å². The fourth-order valence-electron chi connectivity index (χ4n) is 1.86. The normalized spacial score (nSPS) is 16.6. The van der Waals surface area contributed by atoms with Gasteiger partial charge in [0.05, 0.1) is 7.11 Å². The van der Waals surface area contributed by atoms with Crippen LogP contribution >= 0.6 is 0 Å². The quantitative estimate of drug-likeness (QED) is 0.626. The largest absolute Gasteiger partial charge is 0.493 e. The SMILES string of the molecule is COc1ccc(/C=C2\N=C(C(C)(C)C)OC2=O)cc1OC(F)F. The molecule has 0 saturated carbocycles. The van der Waals surface area contributed by atoms with Crippen molar-refractivity contribution in [2.75, 3.05) is 7.11 Å². The lowest BCUT2D eigenvalue weighted by atomic mass is 9.97. The van der Waals surface area contributed by atoms with Gasteiger partial charge in [0.1, 0.15) is 0 Å². The summed E-state index contributed by atoms with van der Waals surface area (Å²) in [7, 11) is 1.35. The van der Waals surface area contributed by atoms with Crippen molar-refractivity contribution in [2.45, 2.75) is 27.4 Å². The van der Waals surface area contributed by atoms with Crippen molar-refractivity contribution in [3.05, 3.63) is 29.5 Å². The maximum atomic E-state index is 12.4. The smallest absolute Gasteiger partial charge is 0.387 e. The molecule has 0 amide bonds. The van der Waals surface area contributed by atoms with Crippen LogP contribution in [0, 0.1) is 5.41 Å². The van der Waals surface area contributed by atoms with E-state index in [0.29, 0.717) is 11.5 Å². The van der Waals surface area contributed by atoms with Gasteiger partial charge in [0, 0.05) is 5.41 Å². The number of benzene rings is 1. The zero-order valence-corrected chi connectivity index (χ0v) is 13.2. The van der Waals surface area contributed by atoms with Crippen molar-refractivity contribution in [1.82, 2.24) is 0 Å². The highest BCUT2D eigenvalue weighted by atomic mass is 19.3. The molecule has 0 N–H and O–H groups in total. The first-order valence-corrected chi connectivity index (χ1v) is 6.86. The van der Waals surface area contributed by atoms with E-state index >= 15 is 0 Å². The number of aliphatic imine (C=N–C) groups is 1. The van der Waals surface area contributed by atoms with Crippen molar-refractivity contribution in [1.29, 1.82) is 0 Å². The van der Waals surface area contributed by atoms with Gasteiger partial charge in [0.2, 0.25) is 5.90 Å². The van der Waals surface area contributed by atoms with Gasteiger partial charge in [0.25, 0.3) is 0 Å². The maximum absolute atomic E-state index is 12.4. The second-order valence-electron chi connectivity index (χ2n) is 5.87. The van der Waals surface area contributed by atoms with Crippen LogP contribution in [0.2, 0.25) is 0 Å². The molecule has 1 aromatic rings. The van der Waals surface area contributed by atoms with Gasteiger partial charge in [-0.15, -0.1) is 0 Å². The summed E-state index contributed by atoms with van der Waals surface area (Å²) in [6.45, 7) is 2.62. The van der Waals surface area contributed by atoms with Gasteiger partial charge in [-0.2, -0.15) is 8.78 Å². The third kappa shape index (κ3) is 4.06. The Morgan fingerprint density at radius 3 is 2.48 bits per heavy atom. The number of esters is 1. The Bertz CT molecular complexity index is 675. The fraction of sp³-hybridized carbons (Fsp3) is 0.375. The standard InChI is InChI=1S/C16H17F2NO4/c1-16(2,3)14-19-10(13(20)23-14)7-9-5-6-11(21-4)12(8-9)22-15(17)18/h5-8,15H,1-4H3/b10-7-. The van der Waals surface area contributed by atoms with E-state index in [4.69, 9.17) is 9.47 Å². The molecule has 0 aromatic heterocycles. The first kappa shape index (κ1) is 16.9. The molecule has 1 aliphatic rings. The Kier molecular flexibility index (Phi) is 4.68. The van der Waals surface area contributed by atoms with Crippen LogP contribution in [-0.2, 0) is 9.53 Å². The maximum Gasteiger partial charge on any atom is 0.387 e. The van der Waals surface area contributed by atoms with Crippen molar-refractivity contribution < 1.29 is 27.8 Å². The molecule has 0 aliphatic carbocycles. The number of hydrogen-bond donors (Lipinski definition) is 0. The van der Waals surface area contributed by atoms with Crippen molar-refractivity contribution in [3.8, 4) is 11.5 Å². The van der Waals surface area contributed by atoms with Crippen LogP contribution < -0.4 is 9.47 Å². The fourth-order valence-corrected chi connectivity index (χ4v) is 1.86. The van der Waals surface area contributed by atoms with Crippen molar-refractivity contribution in [3.63, 3.8) is 0 Å². The molecule has 5 nitrogen and oxygen atoms in total. The van der Waals surface area contributed by atoms with E-state index < -0.39 is 18.0 Å². The molecule has 0 bridgehead atoms. The summed E-state index contributed by atoms with van der Waals surface area (Å²) in [4.78, 5) is 16.0. The van der Waals surface area contributed by atoms with Gasteiger partial charge in [-0.3, -0.25) is 0 Å². The third-order valence-electron chi connectivity index (χ3n) is 2.97. The lowest BCUT2D eigenvalue weighted by Crippen LogP contribution is -2.21. The minimum absolute atomic E-state index is 0.100. The van der Waals surface area contributed by atoms with Crippen LogP contribution in [0.25, 0.3) is 6.08 Å². The number of halogens is 2. The monoisotopic (exact) mass is 325 g/mol. The summed E-state index contributed by atoms with van der Waals surface area (Å²) < 4.78 is 39.3. The molecule has 1 aliphatic heterocycles. The van der Waals surface area contributed by atoms with Crippen LogP contribution in [0.5, 0.6) is 11.5 Å². The number of carbonyl (C=O) groups is 1. The van der Waals surface area contributed by atoms with Gasteiger partial charge >= 0.3 is 12.6 Å². The van der Waals surface area contributed by atoms with Crippen molar-refractivity contribution >= 4 is 17.9 Å². The van der Waals surface area contributed by atoms with Gasteiger partial charge < -0.3 is 14.2 Å². The van der Waals surface area contributed by atoms with E-state index in [1.54, 1.807) is 6.07 Å². The number of ether oxygens (including phenoxy) is 3. The number of nitrogens with zero attached hydrogens (tertiary/aromatic N) is 1. The highest BCUT2D eigenvalue weighted by Crippen LogP contribution is 2.31. The highest BCUT2D eigenvalue weighted by Gasteiger charge is 2.31. The van der Waals surface area contributed by atoms with E-state index in [2.05, 4.69) is 9.73 Å². The summed E-state index contributed by atoms with van der Waals surface area (Å²) in [5, 5.41) is 0. The first-order chi connectivity index (χ1) is 10.7. The predicted molar refractivity (Wildman–Crippen MR) is 80.6 cm³/mol. The lowest BCUT2D eigenvalue weighted by Gasteiger charge is -2.15. The Balaban J connectivity index is 2.36. The van der Waals surface area contributed by atoms with E-state index in [1.165, 1.54) is 25.3 Å². The number of hydrogen-bond acceptors (Lipinski definition) is 5. The van der Waals surface area contributed by atoms with Crippen LogP contribution in [0.4, 0.5) is 8.78 Å². The molecule has 0 spiro atoms. The molecular formula is C16H17F2NO4. The highest BCUT2D eigenvalue weighted by molar-refractivity contribution is 6.08. The minimum atomic E-state index is -2.98. The van der Waals surface area contributed by atoms with Gasteiger partial charge in [-0.05, 0) is 23.8 Å². The molecule has 0 unspecified atom stereocenters. The number of alkyl halides is 2. The Labute approximate surface area is 132 Å². The Morgan fingerprint density at radius 1 is 1.26 bits per heavy atom. The van der Waals surface area contributed by atoms with Crippen LogP contribution in [-0.4, -0.2) is 25.6 Å². The van der Waals surface area contributed by atoms with Crippen LogP contribution in [0.1, 0.15) is 26.3 Å². The van der Waals surface area contributed by atoms with Crippen molar-refractivity contribution in [2.24, 2.45) is 10.4 Å². The summed E-state index contributed by atoms with van der Waals surface area (Å²) in [6.07, 6.45) is 1.44. The van der Waals surface area contributed by atoms with E-state index in [1.807, 2.05) is 20.8 Å². The summed E-state index contributed by atoms with van der Waals surface area (Å²) >= 11 is 0. The van der Waals surface area contributed by atoms with Gasteiger partial charge in [-0.25, -0.2) is 9.79 Å². The first-order valence-electron chi connectivity index (χ1n) is 6.86. The molecule has 124 valence electrons. The number of rotatable bonds is 4. The molecule has 0 atom stereocenters. The second-order valence-corrected chi connectivity index (χ2v) is 5.87. The molecule has 1 aromatic carbocycles. The van der Waals surface area contributed by atoms with Crippen LogP contribution in [0.3, 0.4) is 0 Å². The molecular weight excluding hydrogens is 308 g/mol. The number of carbonyl (C=O) groups excluding carboxylic acids is 1. The summed E-state index contributed by atoms with van der Waals surface area (Å²) in [5.74, 6) is -0.225. The topological polar surface area (TPSA) is 57.1 Å². The zero-order chi connectivity index (χ0) is 17.2. The molecule has 0 radical (unpaired) electrons. The lowest BCUT2D eigenvalue weighted by molar-refractivity contribution is -0.130. The molecule has 0 saturated heterocycles. The van der Waals surface area contributed by atoms with Gasteiger partial charge in [-0.1, -0.05) is 26.8 Å². The average Bonchev–Trinajstić information content (AvgIpc) is 2.80.